The van der Waals surface area contributed by atoms with Gasteiger partial charge in [-0.1, -0.05) is 54.5 Å². The second-order valence-corrected chi connectivity index (χ2v) is 8.21. The van der Waals surface area contributed by atoms with Gasteiger partial charge in [-0.15, -0.1) is 10.2 Å². The van der Waals surface area contributed by atoms with Gasteiger partial charge >= 0.3 is 0 Å². The molecule has 0 spiro atoms. The smallest absolute Gasteiger partial charge is 0.231 e. The summed E-state index contributed by atoms with van der Waals surface area (Å²) in [5, 5.41) is 21.5. The van der Waals surface area contributed by atoms with Crippen molar-refractivity contribution in [2.75, 3.05) is 5.75 Å². The molecule has 6 nitrogen and oxygen atoms in total. The van der Waals surface area contributed by atoms with Gasteiger partial charge in [0, 0.05) is 0 Å². The van der Waals surface area contributed by atoms with Crippen molar-refractivity contribution >= 4 is 44.2 Å². The predicted molar refractivity (Wildman–Crippen MR) is 98.7 cm³/mol. The molecular formula is C17H17N5OS2. The summed E-state index contributed by atoms with van der Waals surface area (Å²) < 4.78 is 3.13. The third kappa shape index (κ3) is 3.10. The van der Waals surface area contributed by atoms with Crippen LogP contribution in [0.25, 0.3) is 15.2 Å². The number of carbonyl (C=O) groups is 1. The first-order valence-corrected chi connectivity index (χ1v) is 10.1. The van der Waals surface area contributed by atoms with E-state index in [2.05, 4.69) is 27.6 Å². The summed E-state index contributed by atoms with van der Waals surface area (Å²) >= 11 is 2.94. The van der Waals surface area contributed by atoms with E-state index in [0.717, 1.165) is 47.3 Å². The second-order valence-electron chi connectivity index (χ2n) is 6.26. The quantitative estimate of drug-likeness (QED) is 0.711. The van der Waals surface area contributed by atoms with Crippen molar-refractivity contribution in [2.45, 2.75) is 42.8 Å². The molecule has 8 heteroatoms. The van der Waals surface area contributed by atoms with E-state index >= 15 is 0 Å². The third-order valence-corrected chi connectivity index (χ3v) is 6.48. The number of hydrogen-bond acceptors (Lipinski definition) is 6. The van der Waals surface area contributed by atoms with Crippen LogP contribution < -0.4 is 5.32 Å². The van der Waals surface area contributed by atoms with Crippen LogP contribution >= 0.6 is 23.1 Å². The number of aromatic nitrogens is 3. The van der Waals surface area contributed by atoms with Gasteiger partial charge in [0.1, 0.15) is 5.54 Å². The van der Waals surface area contributed by atoms with E-state index in [4.69, 9.17) is 0 Å². The molecule has 0 unspecified atom stereocenters. The summed E-state index contributed by atoms with van der Waals surface area (Å²) in [6.07, 6.45) is 4.60. The van der Waals surface area contributed by atoms with E-state index in [1.165, 1.54) is 11.8 Å². The molecule has 2 aromatic heterocycles. The number of nitriles is 1. The molecule has 0 aliphatic heterocycles. The molecule has 1 N–H and O–H groups in total. The first-order valence-electron chi connectivity index (χ1n) is 8.28. The van der Waals surface area contributed by atoms with Crippen LogP contribution in [-0.2, 0) is 4.79 Å². The Morgan fingerprint density at radius 3 is 2.92 bits per heavy atom. The number of thioether (sulfide) groups is 1. The summed E-state index contributed by atoms with van der Waals surface area (Å²) in [5.41, 5.74) is 0.363. The van der Waals surface area contributed by atoms with Gasteiger partial charge in [0.15, 0.2) is 5.16 Å². The zero-order chi connectivity index (χ0) is 17.3. The maximum Gasteiger partial charge on any atom is 0.231 e. The van der Waals surface area contributed by atoms with E-state index in [1.807, 2.05) is 22.6 Å². The number of amides is 1. The lowest BCUT2D eigenvalue weighted by atomic mass is 9.83. The normalized spacial score (nSPS) is 16.8. The van der Waals surface area contributed by atoms with Crippen LogP contribution in [0.5, 0.6) is 0 Å². The van der Waals surface area contributed by atoms with Crippen molar-refractivity contribution in [1.29, 1.82) is 5.26 Å². The zero-order valence-corrected chi connectivity index (χ0v) is 15.2. The van der Waals surface area contributed by atoms with Crippen LogP contribution in [0.2, 0.25) is 0 Å². The largest absolute Gasteiger partial charge is 0.337 e. The van der Waals surface area contributed by atoms with E-state index in [-0.39, 0.29) is 11.7 Å². The van der Waals surface area contributed by atoms with Crippen LogP contribution in [0, 0.1) is 11.3 Å². The molecule has 128 valence electrons. The Morgan fingerprint density at radius 2 is 2.12 bits per heavy atom. The molecule has 25 heavy (non-hydrogen) atoms. The van der Waals surface area contributed by atoms with Gasteiger partial charge in [-0.25, -0.2) is 0 Å². The summed E-state index contributed by atoms with van der Waals surface area (Å²) in [4.78, 5) is 13.2. The molecule has 0 atom stereocenters. The minimum Gasteiger partial charge on any atom is -0.337 e. The molecule has 4 rings (SSSR count). The lowest BCUT2D eigenvalue weighted by Gasteiger charge is -2.31. The van der Waals surface area contributed by atoms with Crippen LogP contribution in [0.4, 0.5) is 0 Å². The maximum absolute atomic E-state index is 12.4. The Labute approximate surface area is 153 Å². The van der Waals surface area contributed by atoms with Gasteiger partial charge in [0.05, 0.1) is 22.0 Å². The Kier molecular flexibility index (Phi) is 4.36. The Balaban J connectivity index is 1.49. The van der Waals surface area contributed by atoms with Crippen LogP contribution in [0.15, 0.2) is 29.4 Å². The maximum atomic E-state index is 12.4. The second kappa shape index (κ2) is 6.65. The number of carbonyl (C=O) groups excluding carboxylic acids is 1. The van der Waals surface area contributed by atoms with Crippen molar-refractivity contribution in [3.8, 4) is 6.07 Å². The molecule has 1 aliphatic rings. The molecule has 0 bridgehead atoms. The van der Waals surface area contributed by atoms with Crippen LogP contribution in [0.3, 0.4) is 0 Å². The number of rotatable bonds is 4. The number of thiazole rings is 1. The summed E-state index contributed by atoms with van der Waals surface area (Å²) in [6.45, 7) is 0. The molecule has 1 aromatic carbocycles. The van der Waals surface area contributed by atoms with E-state index < -0.39 is 5.54 Å². The van der Waals surface area contributed by atoms with Crippen LogP contribution in [0.1, 0.15) is 32.1 Å². The number of fused-ring (bicyclic) bond motifs is 3. The van der Waals surface area contributed by atoms with Gasteiger partial charge in [-0.3, -0.25) is 9.20 Å². The molecule has 0 radical (unpaired) electrons. The fourth-order valence-electron chi connectivity index (χ4n) is 3.30. The van der Waals surface area contributed by atoms with Crippen molar-refractivity contribution in [1.82, 2.24) is 19.9 Å². The summed E-state index contributed by atoms with van der Waals surface area (Å²) in [5.74, 6) is 0.110. The molecule has 1 saturated carbocycles. The van der Waals surface area contributed by atoms with Gasteiger partial charge in [0.25, 0.3) is 0 Å². The van der Waals surface area contributed by atoms with Gasteiger partial charge < -0.3 is 5.32 Å². The Bertz CT molecular complexity index is 964. The van der Waals surface area contributed by atoms with Crippen molar-refractivity contribution in [2.24, 2.45) is 0 Å². The highest BCUT2D eigenvalue weighted by atomic mass is 32.2. The van der Waals surface area contributed by atoms with E-state index in [1.54, 1.807) is 11.3 Å². The van der Waals surface area contributed by atoms with E-state index in [9.17, 15) is 10.1 Å². The lowest BCUT2D eigenvalue weighted by molar-refractivity contribution is -0.120. The third-order valence-electron chi connectivity index (χ3n) is 4.54. The summed E-state index contributed by atoms with van der Waals surface area (Å²) in [7, 11) is 0. The molecule has 1 amide bonds. The Hall–Kier alpha value is -2.11. The lowest BCUT2D eigenvalue weighted by Crippen LogP contribution is -2.49. The number of hydrogen-bond donors (Lipinski definition) is 1. The molecular weight excluding hydrogens is 354 g/mol. The fraction of sp³-hybridized carbons (Fsp3) is 0.412. The van der Waals surface area contributed by atoms with Crippen molar-refractivity contribution in [3.63, 3.8) is 0 Å². The number of benzene rings is 1. The molecule has 0 saturated heterocycles. The van der Waals surface area contributed by atoms with Gasteiger partial charge in [-0.05, 0) is 25.0 Å². The average molecular weight is 371 g/mol. The Morgan fingerprint density at radius 1 is 1.32 bits per heavy atom. The molecule has 1 aliphatic carbocycles. The standard InChI is InChI=1S/C17H17N5OS2/c18-11-17(8-4-1-5-9-17)19-14(23)10-24-15-20-21-16-22(15)12-6-2-3-7-13(12)25-16/h2-3,6-7H,1,4-5,8-10H2,(H,19,23). The van der Waals surface area contributed by atoms with Crippen molar-refractivity contribution < 1.29 is 4.79 Å². The van der Waals surface area contributed by atoms with E-state index in [0.29, 0.717) is 5.16 Å². The summed E-state index contributed by atoms with van der Waals surface area (Å²) in [6, 6.07) is 10.4. The SMILES string of the molecule is N#CC1(NC(=O)CSc2nnc3sc4ccccc4n23)CCCCC1. The number of para-hydroxylation sites is 1. The van der Waals surface area contributed by atoms with Crippen LogP contribution in [-0.4, -0.2) is 31.8 Å². The highest BCUT2D eigenvalue weighted by molar-refractivity contribution is 7.99. The number of nitrogens with one attached hydrogen (secondary N) is 1. The topological polar surface area (TPSA) is 83.1 Å². The zero-order valence-electron chi connectivity index (χ0n) is 13.6. The highest BCUT2D eigenvalue weighted by Crippen LogP contribution is 2.30. The minimum atomic E-state index is -0.689. The van der Waals surface area contributed by atoms with Gasteiger partial charge in [0.2, 0.25) is 10.9 Å². The number of nitrogens with zero attached hydrogens (tertiary/aromatic N) is 4. The monoisotopic (exact) mass is 371 g/mol. The first kappa shape index (κ1) is 16.4. The molecule has 3 aromatic rings. The minimum absolute atomic E-state index is 0.121. The van der Waals surface area contributed by atoms with Crippen molar-refractivity contribution in [3.05, 3.63) is 24.3 Å². The molecule has 2 heterocycles. The first-order chi connectivity index (χ1) is 12.2. The fourth-order valence-corrected chi connectivity index (χ4v) is 5.07. The average Bonchev–Trinajstić information content (AvgIpc) is 3.20. The highest BCUT2D eigenvalue weighted by Gasteiger charge is 2.33. The van der Waals surface area contributed by atoms with Gasteiger partial charge in [-0.2, -0.15) is 5.26 Å². The molecule has 1 fully saturated rings. The predicted octanol–water partition coefficient (Wildman–Crippen LogP) is 3.38.